The molecule has 2 saturated heterocycles. The number of nitrogens with one attached hydrogen (secondary N) is 1. The zero-order valence-electron chi connectivity index (χ0n) is 17.6. The van der Waals surface area contributed by atoms with Crippen molar-refractivity contribution in [3.63, 3.8) is 0 Å². The van der Waals surface area contributed by atoms with E-state index in [9.17, 15) is 9.59 Å². The molecule has 3 heterocycles. The molecule has 2 amide bonds. The molecule has 0 aliphatic carbocycles. The van der Waals surface area contributed by atoms with Crippen molar-refractivity contribution in [3.05, 3.63) is 71.4 Å². The second-order valence-corrected chi connectivity index (χ2v) is 8.86. The summed E-state index contributed by atoms with van der Waals surface area (Å²) in [7, 11) is 0. The van der Waals surface area contributed by atoms with Gasteiger partial charge in [-0.25, -0.2) is 0 Å². The number of likely N-dealkylation sites (tertiary alicyclic amines) is 2. The molecule has 31 heavy (non-hydrogen) atoms. The van der Waals surface area contributed by atoms with Crippen LogP contribution in [0.1, 0.15) is 32.7 Å². The lowest BCUT2D eigenvalue weighted by atomic mass is 10.0. The number of benzene rings is 2. The number of carbonyl (C=O) groups is 2. The van der Waals surface area contributed by atoms with Gasteiger partial charge in [0.1, 0.15) is 0 Å². The molecular weight excluding hydrogens is 388 g/mol. The number of amides is 2. The van der Waals surface area contributed by atoms with Gasteiger partial charge in [0.15, 0.2) is 0 Å². The molecule has 1 unspecified atom stereocenters. The van der Waals surface area contributed by atoms with Gasteiger partial charge < -0.3 is 20.5 Å². The Hall–Kier alpha value is -3.12. The number of rotatable bonds is 6. The highest BCUT2D eigenvalue weighted by Gasteiger charge is 2.41. The van der Waals surface area contributed by atoms with Crippen molar-refractivity contribution in [2.75, 3.05) is 32.7 Å². The maximum Gasteiger partial charge on any atom is 0.256 e. The largest absolute Gasteiger partial charge is 0.366 e. The molecule has 1 aromatic heterocycles. The van der Waals surface area contributed by atoms with Crippen LogP contribution in [-0.4, -0.2) is 59.3 Å². The van der Waals surface area contributed by atoms with E-state index in [0.717, 1.165) is 67.6 Å². The summed E-state index contributed by atoms with van der Waals surface area (Å²) < 4.78 is 0. The molecular formula is C25H28N4O2. The number of nitrogens with two attached hydrogens (primary N) is 1. The van der Waals surface area contributed by atoms with Crippen LogP contribution in [0.25, 0.3) is 10.9 Å². The van der Waals surface area contributed by atoms with Crippen molar-refractivity contribution in [3.8, 4) is 0 Å². The summed E-state index contributed by atoms with van der Waals surface area (Å²) in [4.78, 5) is 32.5. The van der Waals surface area contributed by atoms with Gasteiger partial charge in [-0.15, -0.1) is 0 Å². The summed E-state index contributed by atoms with van der Waals surface area (Å²) in [5, 5.41) is 1.00. The Morgan fingerprint density at radius 2 is 1.65 bits per heavy atom. The zero-order valence-corrected chi connectivity index (χ0v) is 17.6. The van der Waals surface area contributed by atoms with Gasteiger partial charge in [-0.05, 0) is 48.9 Å². The van der Waals surface area contributed by atoms with Crippen molar-refractivity contribution in [2.24, 2.45) is 17.6 Å². The van der Waals surface area contributed by atoms with Gasteiger partial charge in [0.2, 0.25) is 5.91 Å². The third kappa shape index (κ3) is 3.83. The number of hydrogen-bond acceptors (Lipinski definition) is 3. The molecule has 2 atom stereocenters. The smallest absolute Gasteiger partial charge is 0.256 e. The van der Waals surface area contributed by atoms with Gasteiger partial charge in [-0.1, -0.05) is 36.4 Å². The predicted molar refractivity (Wildman–Crippen MR) is 121 cm³/mol. The van der Waals surface area contributed by atoms with Crippen molar-refractivity contribution < 1.29 is 9.59 Å². The van der Waals surface area contributed by atoms with Crippen LogP contribution >= 0.6 is 0 Å². The van der Waals surface area contributed by atoms with Crippen LogP contribution in [0.2, 0.25) is 0 Å². The summed E-state index contributed by atoms with van der Waals surface area (Å²) in [5.41, 5.74) is 8.94. The Bertz CT molecular complexity index is 1110. The molecule has 2 aromatic carbocycles. The fourth-order valence-electron chi connectivity index (χ4n) is 5.33. The Kier molecular flexibility index (Phi) is 5.24. The maximum absolute atomic E-state index is 13.1. The van der Waals surface area contributed by atoms with Crippen LogP contribution in [0.4, 0.5) is 0 Å². The van der Waals surface area contributed by atoms with Crippen molar-refractivity contribution in [2.45, 2.75) is 12.8 Å². The minimum absolute atomic E-state index is 0.140. The summed E-state index contributed by atoms with van der Waals surface area (Å²) in [6.45, 7) is 4.77. The van der Waals surface area contributed by atoms with Gasteiger partial charge in [0.05, 0.1) is 5.56 Å². The van der Waals surface area contributed by atoms with E-state index in [-0.39, 0.29) is 11.8 Å². The first kappa shape index (κ1) is 19.8. The van der Waals surface area contributed by atoms with E-state index in [2.05, 4.69) is 9.88 Å². The highest BCUT2D eigenvalue weighted by Crippen LogP contribution is 2.33. The lowest BCUT2D eigenvalue weighted by Crippen LogP contribution is -2.33. The Labute approximate surface area is 182 Å². The van der Waals surface area contributed by atoms with E-state index < -0.39 is 0 Å². The van der Waals surface area contributed by atoms with Crippen molar-refractivity contribution in [1.29, 1.82) is 0 Å². The van der Waals surface area contributed by atoms with E-state index in [4.69, 9.17) is 5.73 Å². The molecule has 6 nitrogen and oxygen atoms in total. The molecule has 0 saturated carbocycles. The van der Waals surface area contributed by atoms with Crippen LogP contribution in [0.15, 0.2) is 54.7 Å². The van der Waals surface area contributed by atoms with Crippen LogP contribution < -0.4 is 5.73 Å². The SMILES string of the molecule is NC(=O)c1ccccc1CCCN1CC2CN(C(=O)c3c[nH]c4ccccc34)C[C@@H]2C1. The molecule has 160 valence electrons. The molecule has 2 fully saturated rings. The minimum atomic E-state index is -0.355. The summed E-state index contributed by atoms with van der Waals surface area (Å²) >= 11 is 0. The monoisotopic (exact) mass is 416 g/mol. The summed E-state index contributed by atoms with van der Waals surface area (Å²) in [5.74, 6) is 0.881. The van der Waals surface area contributed by atoms with Gasteiger partial charge in [0.25, 0.3) is 5.91 Å². The van der Waals surface area contributed by atoms with Gasteiger partial charge in [-0.2, -0.15) is 0 Å². The minimum Gasteiger partial charge on any atom is -0.366 e. The number of aromatic nitrogens is 1. The Morgan fingerprint density at radius 1 is 0.935 bits per heavy atom. The molecule has 3 N–H and O–H groups in total. The maximum atomic E-state index is 13.1. The first-order valence-electron chi connectivity index (χ1n) is 11.1. The van der Waals surface area contributed by atoms with Crippen LogP contribution in [0.3, 0.4) is 0 Å². The molecule has 2 aliphatic heterocycles. The van der Waals surface area contributed by atoms with E-state index in [0.29, 0.717) is 17.4 Å². The first-order valence-corrected chi connectivity index (χ1v) is 11.1. The molecule has 2 aliphatic rings. The second kappa shape index (κ2) is 8.19. The second-order valence-electron chi connectivity index (χ2n) is 8.86. The van der Waals surface area contributed by atoms with Crippen LogP contribution in [0, 0.1) is 11.8 Å². The van der Waals surface area contributed by atoms with Crippen LogP contribution in [0.5, 0.6) is 0 Å². The van der Waals surface area contributed by atoms with Gasteiger partial charge in [-0.3, -0.25) is 9.59 Å². The van der Waals surface area contributed by atoms with E-state index in [1.807, 2.05) is 53.6 Å². The number of H-pyrrole nitrogens is 1. The van der Waals surface area contributed by atoms with E-state index in [1.165, 1.54) is 0 Å². The number of primary amides is 1. The predicted octanol–water partition coefficient (Wildman–Crippen LogP) is 2.90. The molecule has 0 spiro atoms. The topological polar surface area (TPSA) is 82.4 Å². The van der Waals surface area contributed by atoms with Gasteiger partial charge >= 0.3 is 0 Å². The number of aryl methyl sites for hydroxylation is 1. The molecule has 0 radical (unpaired) electrons. The Balaban J connectivity index is 1.15. The Morgan fingerprint density at radius 3 is 2.42 bits per heavy atom. The average Bonchev–Trinajstić information content (AvgIpc) is 3.46. The van der Waals surface area contributed by atoms with Crippen molar-refractivity contribution >= 4 is 22.7 Å². The highest BCUT2D eigenvalue weighted by atomic mass is 16.2. The molecule has 5 rings (SSSR count). The third-order valence-electron chi connectivity index (χ3n) is 6.87. The number of nitrogens with zero attached hydrogens (tertiary/aromatic N) is 2. The quantitative estimate of drug-likeness (QED) is 0.648. The molecule has 3 aromatic rings. The number of aromatic amines is 1. The first-order chi connectivity index (χ1) is 15.1. The van der Waals surface area contributed by atoms with Gasteiger partial charge in [0, 0.05) is 48.8 Å². The fraction of sp³-hybridized carbons (Fsp3) is 0.360. The number of hydrogen-bond donors (Lipinski definition) is 2. The number of carbonyl (C=O) groups excluding carboxylic acids is 2. The molecule has 0 bridgehead atoms. The lowest BCUT2D eigenvalue weighted by Gasteiger charge is -2.21. The highest BCUT2D eigenvalue weighted by molar-refractivity contribution is 6.06. The average molecular weight is 417 g/mol. The standard InChI is InChI=1S/C25H28N4O2/c26-24(30)20-8-2-1-6-17(20)7-5-11-28-13-18-15-29(16-19(18)14-28)25(31)22-12-27-23-10-4-3-9-21(22)23/h1-4,6,8-10,12,18-19,27H,5,7,11,13-16H2,(H2,26,30)/t18-,19?/m0/s1. The van der Waals surface area contributed by atoms with E-state index >= 15 is 0 Å². The third-order valence-corrected chi connectivity index (χ3v) is 6.87. The number of para-hydroxylation sites is 1. The number of fused-ring (bicyclic) bond motifs is 2. The lowest BCUT2D eigenvalue weighted by molar-refractivity contribution is 0.0775. The van der Waals surface area contributed by atoms with E-state index in [1.54, 1.807) is 6.07 Å². The van der Waals surface area contributed by atoms with Crippen LogP contribution in [-0.2, 0) is 6.42 Å². The summed E-state index contributed by atoms with van der Waals surface area (Å²) in [6, 6.07) is 15.6. The van der Waals surface area contributed by atoms with Crippen molar-refractivity contribution in [1.82, 2.24) is 14.8 Å². The zero-order chi connectivity index (χ0) is 21.4. The molecule has 6 heteroatoms. The fourth-order valence-corrected chi connectivity index (χ4v) is 5.33. The normalized spacial score (nSPS) is 21.0. The summed E-state index contributed by atoms with van der Waals surface area (Å²) in [6.07, 6.45) is 3.70.